The maximum Gasteiger partial charge on any atom is 0.196 e. The van der Waals surface area contributed by atoms with Gasteiger partial charge < -0.3 is 0 Å². The SMILES string of the molecule is CCCC(c1cccs1)n1c(-c2ccccc2)n[nH]c1=S. The van der Waals surface area contributed by atoms with Crippen molar-refractivity contribution in [2.24, 2.45) is 0 Å². The van der Waals surface area contributed by atoms with E-state index in [0.29, 0.717) is 4.77 Å². The molecule has 3 nitrogen and oxygen atoms in total. The zero-order valence-corrected chi connectivity index (χ0v) is 13.5. The third-order valence-corrected chi connectivity index (χ3v) is 4.74. The standard InChI is InChI=1S/C16H17N3S2/c1-2-7-13(14-10-6-11-21-14)19-15(17-18-16(19)20)12-8-4-3-5-9-12/h3-6,8-11,13H,2,7H2,1H3,(H,18,20). The second-order valence-electron chi connectivity index (χ2n) is 4.91. The molecule has 0 aliphatic carbocycles. The maximum absolute atomic E-state index is 5.49. The molecule has 2 heterocycles. The van der Waals surface area contributed by atoms with Gasteiger partial charge in [0.1, 0.15) is 0 Å². The molecule has 0 amide bonds. The minimum atomic E-state index is 0.247. The quantitative estimate of drug-likeness (QED) is 0.668. The molecule has 0 aliphatic rings. The molecule has 1 atom stereocenters. The van der Waals surface area contributed by atoms with Gasteiger partial charge in [-0.1, -0.05) is 49.7 Å². The molecule has 1 unspecified atom stereocenters. The highest BCUT2D eigenvalue weighted by molar-refractivity contribution is 7.71. The average Bonchev–Trinajstić information content (AvgIpc) is 3.16. The van der Waals surface area contributed by atoms with E-state index >= 15 is 0 Å². The van der Waals surface area contributed by atoms with Crippen LogP contribution in [0.25, 0.3) is 11.4 Å². The van der Waals surface area contributed by atoms with Crippen LogP contribution in [0.3, 0.4) is 0 Å². The van der Waals surface area contributed by atoms with Crippen LogP contribution in [0, 0.1) is 4.77 Å². The predicted octanol–water partition coefficient (Wildman–Crippen LogP) is 5.06. The Morgan fingerprint density at radius 2 is 2.05 bits per heavy atom. The van der Waals surface area contributed by atoms with Crippen molar-refractivity contribution in [3.05, 3.63) is 57.5 Å². The monoisotopic (exact) mass is 315 g/mol. The van der Waals surface area contributed by atoms with Crippen LogP contribution in [-0.4, -0.2) is 14.8 Å². The molecule has 5 heteroatoms. The van der Waals surface area contributed by atoms with E-state index in [1.54, 1.807) is 11.3 Å². The van der Waals surface area contributed by atoms with Gasteiger partial charge in [-0.25, -0.2) is 0 Å². The number of aromatic amines is 1. The molecular formula is C16H17N3S2. The number of benzene rings is 1. The van der Waals surface area contributed by atoms with Crippen LogP contribution in [0.5, 0.6) is 0 Å². The summed E-state index contributed by atoms with van der Waals surface area (Å²) in [6.07, 6.45) is 2.15. The van der Waals surface area contributed by atoms with Crippen molar-refractivity contribution in [2.45, 2.75) is 25.8 Å². The maximum atomic E-state index is 5.49. The molecule has 3 aromatic rings. The van der Waals surface area contributed by atoms with E-state index in [9.17, 15) is 0 Å². The Labute approximate surface area is 133 Å². The van der Waals surface area contributed by atoms with Crippen LogP contribution in [0.4, 0.5) is 0 Å². The van der Waals surface area contributed by atoms with Gasteiger partial charge in [0.2, 0.25) is 0 Å². The van der Waals surface area contributed by atoms with Crippen molar-refractivity contribution in [1.29, 1.82) is 0 Å². The molecule has 3 rings (SSSR count). The zero-order chi connectivity index (χ0) is 14.7. The topological polar surface area (TPSA) is 33.6 Å². The first-order chi connectivity index (χ1) is 10.3. The van der Waals surface area contributed by atoms with E-state index in [1.807, 2.05) is 18.2 Å². The third-order valence-electron chi connectivity index (χ3n) is 3.48. The van der Waals surface area contributed by atoms with Gasteiger partial charge in [0.05, 0.1) is 6.04 Å². The van der Waals surface area contributed by atoms with Crippen LogP contribution in [-0.2, 0) is 0 Å². The van der Waals surface area contributed by atoms with E-state index in [1.165, 1.54) is 4.88 Å². The van der Waals surface area contributed by atoms with Crippen LogP contribution in [0.15, 0.2) is 47.8 Å². The summed E-state index contributed by atoms with van der Waals surface area (Å²) in [4.78, 5) is 1.33. The van der Waals surface area contributed by atoms with Crippen LogP contribution in [0.1, 0.15) is 30.7 Å². The highest BCUT2D eigenvalue weighted by Crippen LogP contribution is 2.31. The Morgan fingerprint density at radius 3 is 2.71 bits per heavy atom. The predicted molar refractivity (Wildman–Crippen MR) is 90.2 cm³/mol. The van der Waals surface area contributed by atoms with Gasteiger partial charge in [-0.3, -0.25) is 9.67 Å². The van der Waals surface area contributed by atoms with Crippen molar-refractivity contribution in [3.8, 4) is 11.4 Å². The fourth-order valence-electron chi connectivity index (χ4n) is 2.54. The summed E-state index contributed by atoms with van der Waals surface area (Å²) in [7, 11) is 0. The fourth-order valence-corrected chi connectivity index (χ4v) is 3.65. The summed E-state index contributed by atoms with van der Waals surface area (Å²) in [6.45, 7) is 2.20. The third kappa shape index (κ3) is 2.84. The van der Waals surface area contributed by atoms with E-state index < -0.39 is 0 Å². The van der Waals surface area contributed by atoms with E-state index in [4.69, 9.17) is 12.2 Å². The Morgan fingerprint density at radius 1 is 1.24 bits per heavy atom. The average molecular weight is 315 g/mol. The molecule has 1 N–H and O–H groups in total. The Kier molecular flexibility index (Phi) is 4.31. The largest absolute Gasteiger partial charge is 0.292 e. The smallest absolute Gasteiger partial charge is 0.196 e. The first-order valence-electron chi connectivity index (χ1n) is 7.07. The van der Waals surface area contributed by atoms with Crippen molar-refractivity contribution in [3.63, 3.8) is 0 Å². The minimum absolute atomic E-state index is 0.247. The number of aromatic nitrogens is 3. The zero-order valence-electron chi connectivity index (χ0n) is 11.8. The lowest BCUT2D eigenvalue weighted by atomic mass is 10.1. The highest BCUT2D eigenvalue weighted by Gasteiger charge is 2.20. The molecule has 0 aliphatic heterocycles. The normalized spacial score (nSPS) is 12.4. The molecule has 0 radical (unpaired) electrons. The molecule has 2 aromatic heterocycles. The molecule has 0 saturated carbocycles. The number of nitrogens with one attached hydrogen (secondary N) is 1. The lowest BCUT2D eigenvalue weighted by molar-refractivity contribution is 0.539. The first-order valence-corrected chi connectivity index (χ1v) is 8.35. The molecule has 0 saturated heterocycles. The Bertz CT molecular complexity index is 741. The van der Waals surface area contributed by atoms with E-state index in [0.717, 1.165) is 24.2 Å². The van der Waals surface area contributed by atoms with Gasteiger partial charge in [0.15, 0.2) is 10.6 Å². The van der Waals surface area contributed by atoms with E-state index in [2.05, 4.69) is 51.3 Å². The van der Waals surface area contributed by atoms with E-state index in [-0.39, 0.29) is 6.04 Å². The Balaban J connectivity index is 2.12. The van der Waals surface area contributed by atoms with Gasteiger partial charge >= 0.3 is 0 Å². The Hall–Kier alpha value is -1.72. The van der Waals surface area contributed by atoms with Crippen molar-refractivity contribution >= 4 is 23.6 Å². The molecule has 1 aromatic carbocycles. The van der Waals surface area contributed by atoms with Gasteiger partial charge in [-0.2, -0.15) is 5.10 Å². The number of nitrogens with zero attached hydrogens (tertiary/aromatic N) is 2. The molecule has 0 bridgehead atoms. The second-order valence-corrected chi connectivity index (χ2v) is 6.27. The minimum Gasteiger partial charge on any atom is -0.292 e. The van der Waals surface area contributed by atoms with Gasteiger partial charge in [0.25, 0.3) is 0 Å². The van der Waals surface area contributed by atoms with Crippen molar-refractivity contribution < 1.29 is 0 Å². The first kappa shape index (κ1) is 14.2. The molecule has 108 valence electrons. The second kappa shape index (κ2) is 6.37. The number of hydrogen-bond donors (Lipinski definition) is 1. The lowest BCUT2D eigenvalue weighted by Crippen LogP contribution is -2.11. The van der Waals surface area contributed by atoms with Gasteiger partial charge in [-0.05, 0) is 30.1 Å². The lowest BCUT2D eigenvalue weighted by Gasteiger charge is -2.18. The van der Waals surface area contributed by atoms with Crippen LogP contribution in [0.2, 0.25) is 0 Å². The van der Waals surface area contributed by atoms with Crippen molar-refractivity contribution in [1.82, 2.24) is 14.8 Å². The van der Waals surface area contributed by atoms with Crippen molar-refractivity contribution in [2.75, 3.05) is 0 Å². The number of thiophene rings is 1. The molecule has 0 spiro atoms. The van der Waals surface area contributed by atoms with Crippen LogP contribution >= 0.6 is 23.6 Å². The number of H-pyrrole nitrogens is 1. The highest BCUT2D eigenvalue weighted by atomic mass is 32.1. The van der Waals surface area contributed by atoms with Gasteiger partial charge in [0, 0.05) is 10.4 Å². The molecule has 21 heavy (non-hydrogen) atoms. The number of rotatable bonds is 5. The summed E-state index contributed by atoms with van der Waals surface area (Å²) >= 11 is 7.26. The number of hydrogen-bond acceptors (Lipinski definition) is 3. The fraction of sp³-hybridized carbons (Fsp3) is 0.250. The summed E-state index contributed by atoms with van der Waals surface area (Å²) in [5, 5.41) is 9.52. The summed E-state index contributed by atoms with van der Waals surface area (Å²) in [6, 6.07) is 14.7. The van der Waals surface area contributed by atoms with Crippen LogP contribution < -0.4 is 0 Å². The summed E-state index contributed by atoms with van der Waals surface area (Å²) < 4.78 is 2.83. The molecular weight excluding hydrogens is 298 g/mol. The van der Waals surface area contributed by atoms with Gasteiger partial charge in [-0.15, -0.1) is 11.3 Å². The summed E-state index contributed by atoms with van der Waals surface area (Å²) in [5.41, 5.74) is 1.09. The molecule has 0 fully saturated rings. The summed E-state index contributed by atoms with van der Waals surface area (Å²) in [5.74, 6) is 0.910.